The van der Waals surface area contributed by atoms with Gasteiger partial charge in [0.25, 0.3) is 0 Å². The quantitative estimate of drug-likeness (QED) is 0.848. The zero-order valence-corrected chi connectivity index (χ0v) is 9.65. The Hall–Kier alpha value is -2.00. The van der Waals surface area contributed by atoms with E-state index in [9.17, 15) is 4.79 Å². The summed E-state index contributed by atoms with van der Waals surface area (Å²) in [6.45, 7) is 0. The first-order valence-corrected chi connectivity index (χ1v) is 5.36. The molecule has 2 rings (SSSR count). The molecule has 0 bridgehead atoms. The highest BCUT2D eigenvalue weighted by molar-refractivity contribution is 6.30. The first-order chi connectivity index (χ1) is 8.15. The molecule has 0 spiro atoms. The maximum atomic E-state index is 10.6. The molecule has 0 fully saturated rings. The van der Waals surface area contributed by atoms with Gasteiger partial charge in [0.15, 0.2) is 0 Å². The average molecular weight is 248 g/mol. The van der Waals surface area contributed by atoms with Crippen LogP contribution in [0.5, 0.6) is 0 Å². The summed E-state index contributed by atoms with van der Waals surface area (Å²) in [7, 11) is 0. The second-order valence-corrected chi connectivity index (χ2v) is 3.88. The van der Waals surface area contributed by atoms with Crippen molar-refractivity contribution in [1.82, 2.24) is 0 Å². The van der Waals surface area contributed by atoms with Gasteiger partial charge in [-0.2, -0.15) is 0 Å². The van der Waals surface area contributed by atoms with Gasteiger partial charge >= 0.3 is 0 Å². The van der Waals surface area contributed by atoms with Crippen molar-refractivity contribution in [2.45, 2.75) is 0 Å². The second-order valence-electron chi connectivity index (χ2n) is 3.44. The van der Waals surface area contributed by atoms with Crippen LogP contribution in [0.3, 0.4) is 0 Å². The molecule has 1 heterocycles. The van der Waals surface area contributed by atoms with Crippen molar-refractivity contribution in [3.05, 3.63) is 53.3 Å². The van der Waals surface area contributed by atoms with E-state index in [0.717, 1.165) is 5.56 Å². The van der Waals surface area contributed by atoms with Crippen molar-refractivity contribution in [3.8, 4) is 11.3 Å². The van der Waals surface area contributed by atoms with Crippen LogP contribution in [0.2, 0.25) is 5.02 Å². The van der Waals surface area contributed by atoms with E-state index in [1.807, 2.05) is 18.2 Å². The molecule has 0 unspecified atom stereocenters. The number of hydrogen-bond acceptors (Lipinski definition) is 2. The summed E-state index contributed by atoms with van der Waals surface area (Å²) in [5.41, 5.74) is 5.92. The maximum Gasteiger partial charge on any atom is 0.241 e. The Balaban J connectivity index is 2.23. The van der Waals surface area contributed by atoms with Gasteiger partial charge in [0.05, 0.1) is 0 Å². The standard InChI is InChI=1S/C13H10ClNO2/c14-10-3-1-9(2-4-10)12-7-5-11(17-12)6-8-13(15)16/h1-8H,(H2,15,16)/b8-6-. The van der Waals surface area contributed by atoms with Crippen LogP contribution in [0.4, 0.5) is 0 Å². The molecule has 0 radical (unpaired) electrons. The summed E-state index contributed by atoms with van der Waals surface area (Å²) in [5, 5.41) is 0.675. The SMILES string of the molecule is NC(=O)/C=C\c1ccc(-c2ccc(Cl)cc2)o1. The smallest absolute Gasteiger partial charge is 0.241 e. The molecule has 0 aliphatic heterocycles. The van der Waals surface area contributed by atoms with E-state index in [-0.39, 0.29) is 0 Å². The first-order valence-electron chi connectivity index (χ1n) is 4.98. The van der Waals surface area contributed by atoms with Gasteiger partial charge in [-0.25, -0.2) is 0 Å². The molecule has 0 atom stereocenters. The third-order valence-electron chi connectivity index (χ3n) is 2.17. The summed E-state index contributed by atoms with van der Waals surface area (Å²) in [4.78, 5) is 10.6. The fraction of sp³-hybridized carbons (Fsp3) is 0. The number of nitrogens with two attached hydrogens (primary N) is 1. The van der Waals surface area contributed by atoms with Crippen LogP contribution in [0.25, 0.3) is 17.4 Å². The minimum atomic E-state index is -0.505. The lowest BCUT2D eigenvalue weighted by Crippen LogP contribution is -2.04. The molecule has 0 aliphatic carbocycles. The van der Waals surface area contributed by atoms with Gasteiger partial charge in [0.2, 0.25) is 5.91 Å². The van der Waals surface area contributed by atoms with Gasteiger partial charge in [0.1, 0.15) is 11.5 Å². The highest BCUT2D eigenvalue weighted by atomic mass is 35.5. The summed E-state index contributed by atoms with van der Waals surface area (Å²) < 4.78 is 5.52. The number of primary amides is 1. The first kappa shape index (κ1) is 11.5. The summed E-state index contributed by atoms with van der Waals surface area (Å²) in [6.07, 6.45) is 2.78. The number of carbonyl (C=O) groups is 1. The lowest BCUT2D eigenvalue weighted by Gasteiger charge is -1.96. The summed E-state index contributed by atoms with van der Waals surface area (Å²) in [5.74, 6) is 0.786. The largest absolute Gasteiger partial charge is 0.457 e. The zero-order chi connectivity index (χ0) is 12.3. The molecule has 0 saturated heterocycles. The third kappa shape index (κ3) is 2.98. The molecule has 17 heavy (non-hydrogen) atoms. The predicted molar refractivity (Wildman–Crippen MR) is 67.4 cm³/mol. The van der Waals surface area contributed by atoms with E-state index in [1.165, 1.54) is 12.2 Å². The molecule has 4 heteroatoms. The predicted octanol–water partition coefficient (Wildman–Crippen LogP) is 3.10. The van der Waals surface area contributed by atoms with Gasteiger partial charge in [-0.1, -0.05) is 11.6 Å². The van der Waals surface area contributed by atoms with Gasteiger partial charge in [0, 0.05) is 16.7 Å². The normalized spacial score (nSPS) is 10.9. The van der Waals surface area contributed by atoms with E-state index in [1.54, 1.807) is 18.2 Å². The van der Waals surface area contributed by atoms with Crippen LogP contribution in [0.15, 0.2) is 46.9 Å². The van der Waals surface area contributed by atoms with Crippen molar-refractivity contribution in [3.63, 3.8) is 0 Å². The molecule has 1 amide bonds. The van der Waals surface area contributed by atoms with Gasteiger partial charge in [-0.15, -0.1) is 0 Å². The van der Waals surface area contributed by atoms with E-state index in [0.29, 0.717) is 16.5 Å². The molecule has 3 nitrogen and oxygen atoms in total. The van der Waals surface area contributed by atoms with E-state index >= 15 is 0 Å². The van der Waals surface area contributed by atoms with Crippen LogP contribution in [0.1, 0.15) is 5.76 Å². The average Bonchev–Trinajstić information content (AvgIpc) is 2.76. The topological polar surface area (TPSA) is 56.2 Å². The molecule has 0 aliphatic rings. The van der Waals surface area contributed by atoms with Crippen LogP contribution < -0.4 is 5.73 Å². The molecule has 2 aromatic rings. The molecular weight excluding hydrogens is 238 g/mol. The zero-order valence-electron chi connectivity index (χ0n) is 8.89. The van der Waals surface area contributed by atoms with Gasteiger partial charge in [-0.05, 0) is 42.5 Å². The summed E-state index contributed by atoms with van der Waals surface area (Å²) >= 11 is 5.80. The molecule has 1 aromatic heterocycles. The Morgan fingerprint density at radius 2 is 1.88 bits per heavy atom. The fourth-order valence-corrected chi connectivity index (χ4v) is 1.50. The molecule has 0 saturated carbocycles. The number of amides is 1. The van der Waals surface area contributed by atoms with Crippen molar-refractivity contribution >= 4 is 23.6 Å². The van der Waals surface area contributed by atoms with Crippen molar-refractivity contribution in [2.24, 2.45) is 5.73 Å². The Morgan fingerprint density at radius 3 is 2.53 bits per heavy atom. The lowest BCUT2D eigenvalue weighted by molar-refractivity contribution is -0.113. The van der Waals surface area contributed by atoms with E-state index in [4.69, 9.17) is 21.8 Å². The van der Waals surface area contributed by atoms with Gasteiger partial charge in [-0.3, -0.25) is 4.79 Å². The second kappa shape index (κ2) is 4.89. The molecule has 86 valence electrons. The Kier molecular flexibility index (Phi) is 3.30. The van der Waals surface area contributed by atoms with Crippen molar-refractivity contribution in [2.75, 3.05) is 0 Å². The van der Waals surface area contributed by atoms with Crippen molar-refractivity contribution in [1.29, 1.82) is 0 Å². The highest BCUT2D eigenvalue weighted by Gasteiger charge is 2.02. The Bertz CT molecular complexity index is 555. The van der Waals surface area contributed by atoms with Crippen LogP contribution >= 0.6 is 11.6 Å². The van der Waals surface area contributed by atoms with Crippen LogP contribution in [0, 0.1) is 0 Å². The maximum absolute atomic E-state index is 10.6. The summed E-state index contributed by atoms with van der Waals surface area (Å²) in [6, 6.07) is 10.9. The van der Waals surface area contributed by atoms with Crippen LogP contribution in [-0.2, 0) is 4.79 Å². The van der Waals surface area contributed by atoms with Gasteiger partial charge < -0.3 is 10.2 Å². The lowest BCUT2D eigenvalue weighted by atomic mass is 10.2. The van der Waals surface area contributed by atoms with Crippen molar-refractivity contribution < 1.29 is 9.21 Å². The number of furan rings is 1. The Labute approximate surface area is 103 Å². The minimum absolute atomic E-state index is 0.505. The minimum Gasteiger partial charge on any atom is -0.457 e. The van der Waals surface area contributed by atoms with Crippen LogP contribution in [-0.4, -0.2) is 5.91 Å². The molecular formula is C13H10ClNO2. The molecule has 2 N–H and O–H groups in total. The number of halogens is 1. The Morgan fingerprint density at radius 1 is 1.18 bits per heavy atom. The number of carbonyl (C=O) groups excluding carboxylic acids is 1. The molecule has 1 aromatic carbocycles. The van der Waals surface area contributed by atoms with E-state index < -0.39 is 5.91 Å². The number of hydrogen-bond donors (Lipinski definition) is 1. The monoisotopic (exact) mass is 247 g/mol. The highest BCUT2D eigenvalue weighted by Crippen LogP contribution is 2.24. The number of benzene rings is 1. The third-order valence-corrected chi connectivity index (χ3v) is 2.42. The fourth-order valence-electron chi connectivity index (χ4n) is 1.38. The number of rotatable bonds is 3. The van der Waals surface area contributed by atoms with E-state index in [2.05, 4.69) is 0 Å².